The summed E-state index contributed by atoms with van der Waals surface area (Å²) >= 11 is 4.82. The molecule has 0 bridgehead atoms. The van der Waals surface area contributed by atoms with Gasteiger partial charge in [0.15, 0.2) is 11.5 Å². The first-order chi connectivity index (χ1) is 15.0. The second-order valence-electron chi connectivity index (χ2n) is 6.63. The van der Waals surface area contributed by atoms with Crippen LogP contribution in [0.5, 0.6) is 11.5 Å². The lowest BCUT2D eigenvalue weighted by Gasteiger charge is -2.11. The van der Waals surface area contributed by atoms with E-state index in [9.17, 15) is 9.59 Å². The van der Waals surface area contributed by atoms with Crippen LogP contribution in [0, 0.1) is 0 Å². The largest absolute Gasteiger partial charge is 0.493 e. The predicted octanol–water partition coefficient (Wildman–Crippen LogP) is 4.54. The van der Waals surface area contributed by atoms with E-state index in [-0.39, 0.29) is 18.0 Å². The van der Waals surface area contributed by atoms with Gasteiger partial charge in [0.1, 0.15) is 11.4 Å². The summed E-state index contributed by atoms with van der Waals surface area (Å²) in [4.78, 5) is 30.7. The Bertz CT molecular complexity index is 1310. The van der Waals surface area contributed by atoms with Crippen LogP contribution in [0.2, 0.25) is 0 Å². The van der Waals surface area contributed by atoms with Crippen LogP contribution in [-0.4, -0.2) is 29.7 Å². The summed E-state index contributed by atoms with van der Waals surface area (Å²) in [6.45, 7) is -0.161. The zero-order chi connectivity index (χ0) is 22.0. The van der Waals surface area contributed by atoms with Gasteiger partial charge in [0.05, 0.1) is 25.9 Å². The lowest BCUT2D eigenvalue weighted by atomic mass is 10.1. The quantitative estimate of drug-likeness (QED) is 0.420. The van der Waals surface area contributed by atoms with Crippen molar-refractivity contribution in [2.24, 2.45) is 0 Å². The first-order valence-corrected chi connectivity index (χ1v) is 10.9. The highest BCUT2D eigenvalue weighted by molar-refractivity contribution is 9.10. The highest BCUT2D eigenvalue weighted by Crippen LogP contribution is 2.32. The molecule has 0 aliphatic rings. The number of anilines is 1. The highest BCUT2D eigenvalue weighted by Gasteiger charge is 2.15. The van der Waals surface area contributed by atoms with Gasteiger partial charge in [-0.25, -0.2) is 4.98 Å². The van der Waals surface area contributed by atoms with Crippen LogP contribution in [-0.2, 0) is 11.3 Å². The summed E-state index contributed by atoms with van der Waals surface area (Å²) in [7, 11) is 3.06. The number of nitrogens with one attached hydrogen (secondary N) is 1. The zero-order valence-corrected chi connectivity index (χ0v) is 19.1. The van der Waals surface area contributed by atoms with Crippen LogP contribution < -0.4 is 20.3 Å². The molecule has 0 fully saturated rings. The molecule has 9 heteroatoms. The molecule has 0 saturated heterocycles. The number of ether oxygens (including phenoxy) is 2. The predicted molar refractivity (Wildman–Crippen MR) is 125 cm³/mol. The molecule has 1 amide bonds. The van der Waals surface area contributed by atoms with E-state index in [1.807, 2.05) is 29.6 Å². The zero-order valence-electron chi connectivity index (χ0n) is 16.7. The van der Waals surface area contributed by atoms with Crippen LogP contribution in [0.4, 0.5) is 5.69 Å². The van der Waals surface area contributed by atoms with Gasteiger partial charge in [-0.1, -0.05) is 28.1 Å². The number of rotatable bonds is 6. The molecule has 2 heterocycles. The van der Waals surface area contributed by atoms with E-state index in [2.05, 4.69) is 26.2 Å². The standard InChI is InChI=1S/C22H18BrN3O4S/c1-29-17-8-7-15(9-18(17)30-2)25-19(27)10-26-12-24-21-20(22(26)28)16(11-31-21)13-3-5-14(23)6-4-13/h3-9,11-12H,10H2,1-2H3,(H,25,27). The number of halogens is 1. The molecule has 0 atom stereocenters. The van der Waals surface area contributed by atoms with Crippen molar-refractivity contribution in [3.8, 4) is 22.6 Å². The topological polar surface area (TPSA) is 82.5 Å². The Morgan fingerprint density at radius 3 is 2.58 bits per heavy atom. The maximum absolute atomic E-state index is 13.1. The molecule has 2 aromatic carbocycles. The molecule has 4 aromatic rings. The molecule has 0 unspecified atom stereocenters. The van der Waals surface area contributed by atoms with Gasteiger partial charge in [0, 0.05) is 27.2 Å². The molecule has 158 valence electrons. The van der Waals surface area contributed by atoms with Crippen molar-refractivity contribution in [1.29, 1.82) is 0 Å². The Hall–Kier alpha value is -3.17. The lowest BCUT2D eigenvalue weighted by molar-refractivity contribution is -0.116. The third kappa shape index (κ3) is 4.33. The number of carbonyl (C=O) groups is 1. The minimum absolute atomic E-state index is 0.161. The van der Waals surface area contributed by atoms with E-state index in [1.54, 1.807) is 25.3 Å². The van der Waals surface area contributed by atoms with Crippen molar-refractivity contribution in [3.05, 3.63) is 69.0 Å². The van der Waals surface area contributed by atoms with Gasteiger partial charge in [-0.15, -0.1) is 11.3 Å². The molecule has 7 nitrogen and oxygen atoms in total. The monoisotopic (exact) mass is 499 g/mol. The molecule has 0 saturated carbocycles. The second kappa shape index (κ2) is 8.91. The Morgan fingerprint density at radius 2 is 1.87 bits per heavy atom. The van der Waals surface area contributed by atoms with Gasteiger partial charge in [0.2, 0.25) is 5.91 Å². The fourth-order valence-electron chi connectivity index (χ4n) is 3.19. The van der Waals surface area contributed by atoms with Crippen LogP contribution in [0.3, 0.4) is 0 Å². The average Bonchev–Trinajstić information content (AvgIpc) is 3.21. The summed E-state index contributed by atoms with van der Waals surface area (Å²) in [6.07, 6.45) is 1.40. The fourth-order valence-corrected chi connectivity index (χ4v) is 4.36. The third-order valence-corrected chi connectivity index (χ3v) is 6.11. The number of aromatic nitrogens is 2. The second-order valence-corrected chi connectivity index (χ2v) is 8.41. The molecule has 0 radical (unpaired) electrons. The number of benzene rings is 2. The fraction of sp³-hybridized carbons (Fsp3) is 0.136. The summed E-state index contributed by atoms with van der Waals surface area (Å²) in [5, 5.41) is 5.19. The summed E-state index contributed by atoms with van der Waals surface area (Å²) in [5.41, 5.74) is 2.00. The van der Waals surface area contributed by atoms with E-state index >= 15 is 0 Å². The van der Waals surface area contributed by atoms with Crippen molar-refractivity contribution >= 4 is 49.1 Å². The Labute approximate surface area is 190 Å². The third-order valence-electron chi connectivity index (χ3n) is 4.70. The molecule has 4 rings (SSSR count). The minimum atomic E-state index is -0.351. The number of amides is 1. The van der Waals surface area contributed by atoms with Crippen molar-refractivity contribution in [2.45, 2.75) is 6.54 Å². The van der Waals surface area contributed by atoms with Crippen molar-refractivity contribution in [1.82, 2.24) is 9.55 Å². The van der Waals surface area contributed by atoms with Gasteiger partial charge in [-0.3, -0.25) is 14.2 Å². The van der Waals surface area contributed by atoms with Gasteiger partial charge in [-0.05, 0) is 29.8 Å². The van der Waals surface area contributed by atoms with Crippen LogP contribution in [0.15, 0.2) is 63.4 Å². The Kier molecular flexibility index (Phi) is 6.06. The highest BCUT2D eigenvalue weighted by atomic mass is 79.9. The molecule has 2 aromatic heterocycles. The van der Waals surface area contributed by atoms with Gasteiger partial charge in [-0.2, -0.15) is 0 Å². The normalized spacial score (nSPS) is 10.8. The smallest absolute Gasteiger partial charge is 0.263 e. The number of carbonyl (C=O) groups excluding carboxylic acids is 1. The van der Waals surface area contributed by atoms with E-state index < -0.39 is 0 Å². The van der Waals surface area contributed by atoms with Crippen LogP contribution >= 0.6 is 27.3 Å². The summed E-state index contributed by atoms with van der Waals surface area (Å²) < 4.78 is 12.7. The molecular formula is C22H18BrN3O4S. The molecular weight excluding hydrogens is 482 g/mol. The number of methoxy groups -OCH3 is 2. The maximum atomic E-state index is 13.1. The molecule has 1 N–H and O–H groups in total. The van der Waals surface area contributed by atoms with Crippen LogP contribution in [0.1, 0.15) is 0 Å². The van der Waals surface area contributed by atoms with Gasteiger partial charge < -0.3 is 14.8 Å². The lowest BCUT2D eigenvalue weighted by Crippen LogP contribution is -2.27. The molecule has 0 aliphatic heterocycles. The molecule has 31 heavy (non-hydrogen) atoms. The van der Waals surface area contributed by atoms with Crippen molar-refractivity contribution < 1.29 is 14.3 Å². The Morgan fingerprint density at radius 1 is 1.13 bits per heavy atom. The minimum Gasteiger partial charge on any atom is -0.493 e. The van der Waals surface area contributed by atoms with E-state index in [0.717, 1.165) is 15.6 Å². The summed E-state index contributed by atoms with van der Waals surface area (Å²) in [6, 6.07) is 12.8. The maximum Gasteiger partial charge on any atom is 0.263 e. The molecule has 0 aliphatic carbocycles. The number of hydrogen-bond acceptors (Lipinski definition) is 6. The van der Waals surface area contributed by atoms with Crippen molar-refractivity contribution in [3.63, 3.8) is 0 Å². The number of fused-ring (bicyclic) bond motifs is 1. The Balaban J connectivity index is 1.61. The number of hydrogen-bond donors (Lipinski definition) is 1. The van der Waals surface area contributed by atoms with E-state index in [1.165, 1.54) is 29.3 Å². The van der Waals surface area contributed by atoms with Crippen LogP contribution in [0.25, 0.3) is 21.3 Å². The number of thiophene rings is 1. The molecule has 0 spiro atoms. The first-order valence-electron chi connectivity index (χ1n) is 9.24. The summed E-state index contributed by atoms with van der Waals surface area (Å²) in [5.74, 6) is 0.707. The van der Waals surface area contributed by atoms with Crippen molar-refractivity contribution in [2.75, 3.05) is 19.5 Å². The first kappa shape index (κ1) is 21.1. The number of nitrogens with zero attached hydrogens (tertiary/aromatic N) is 2. The van der Waals surface area contributed by atoms with Gasteiger partial charge in [0.25, 0.3) is 5.56 Å². The average molecular weight is 500 g/mol. The van der Waals surface area contributed by atoms with E-state index in [0.29, 0.717) is 27.4 Å². The van der Waals surface area contributed by atoms with E-state index in [4.69, 9.17) is 9.47 Å². The SMILES string of the molecule is COc1ccc(NC(=O)Cn2cnc3scc(-c4ccc(Br)cc4)c3c2=O)cc1OC. The van der Waals surface area contributed by atoms with Gasteiger partial charge >= 0.3 is 0 Å².